The number of rotatable bonds is 7. The van der Waals surface area contributed by atoms with Crippen molar-refractivity contribution in [2.24, 2.45) is 4.99 Å². The van der Waals surface area contributed by atoms with Gasteiger partial charge in [0.05, 0.1) is 16.5 Å². The summed E-state index contributed by atoms with van der Waals surface area (Å²) in [6, 6.07) is 13.6. The van der Waals surface area contributed by atoms with Gasteiger partial charge < -0.3 is 15.1 Å². The highest BCUT2D eigenvalue weighted by Gasteiger charge is 2.20. The third kappa shape index (κ3) is 7.45. The average molecular weight is 549 g/mol. The summed E-state index contributed by atoms with van der Waals surface area (Å²) in [5.41, 5.74) is 0.842. The van der Waals surface area contributed by atoms with Crippen LogP contribution in [0, 0.1) is 0 Å². The summed E-state index contributed by atoms with van der Waals surface area (Å²) in [4.78, 5) is 9.00. The number of halogens is 1. The number of nitrogens with one attached hydrogen (secondary N) is 1. The van der Waals surface area contributed by atoms with E-state index in [0.717, 1.165) is 37.7 Å². The van der Waals surface area contributed by atoms with Gasteiger partial charge in [-0.3, -0.25) is 4.99 Å². The molecule has 0 unspecified atom stereocenters. The van der Waals surface area contributed by atoms with E-state index in [1.54, 1.807) is 18.4 Å². The molecular weight excluding hydrogens is 519 g/mol. The SMILES string of the molecule is CN=C(NCCCS(=O)(=O)Cc1ccccc1)N1CCN(c2cccs2)CC1.I. The maximum atomic E-state index is 12.3. The van der Waals surface area contributed by atoms with E-state index >= 15 is 0 Å². The molecule has 0 amide bonds. The molecule has 0 saturated carbocycles. The number of piperazine rings is 1. The minimum absolute atomic E-state index is 0. The number of hydrogen-bond acceptors (Lipinski definition) is 5. The van der Waals surface area contributed by atoms with Crippen molar-refractivity contribution in [3.8, 4) is 0 Å². The van der Waals surface area contributed by atoms with Crippen molar-refractivity contribution in [3.05, 3.63) is 53.4 Å². The Labute approximate surface area is 195 Å². The highest BCUT2D eigenvalue weighted by Crippen LogP contribution is 2.22. The molecular formula is C20H29IN4O2S2. The zero-order valence-corrected chi connectivity index (χ0v) is 20.6. The molecule has 1 saturated heterocycles. The number of thiophene rings is 1. The van der Waals surface area contributed by atoms with E-state index in [9.17, 15) is 8.42 Å². The Morgan fingerprint density at radius 3 is 2.45 bits per heavy atom. The van der Waals surface area contributed by atoms with Crippen LogP contribution < -0.4 is 10.2 Å². The van der Waals surface area contributed by atoms with E-state index in [-0.39, 0.29) is 35.5 Å². The van der Waals surface area contributed by atoms with Gasteiger partial charge in [-0.15, -0.1) is 35.3 Å². The third-order valence-electron chi connectivity index (χ3n) is 4.75. The summed E-state index contributed by atoms with van der Waals surface area (Å²) in [5.74, 6) is 1.14. The van der Waals surface area contributed by atoms with Crippen molar-refractivity contribution in [2.75, 3.05) is 50.4 Å². The Morgan fingerprint density at radius 2 is 1.83 bits per heavy atom. The lowest BCUT2D eigenvalue weighted by Crippen LogP contribution is -2.52. The molecule has 2 heterocycles. The second kappa shape index (κ2) is 11.8. The summed E-state index contributed by atoms with van der Waals surface area (Å²) < 4.78 is 24.6. The molecule has 0 aliphatic carbocycles. The number of anilines is 1. The van der Waals surface area contributed by atoms with Crippen LogP contribution in [0.15, 0.2) is 52.8 Å². The molecule has 1 aromatic carbocycles. The zero-order valence-electron chi connectivity index (χ0n) is 16.7. The molecule has 1 aliphatic rings. The van der Waals surface area contributed by atoms with Gasteiger partial charge in [0.1, 0.15) is 0 Å². The first kappa shape index (κ1) is 23.9. The van der Waals surface area contributed by atoms with Crippen LogP contribution in [-0.4, -0.2) is 64.8 Å². The summed E-state index contributed by atoms with van der Waals surface area (Å²) in [6.07, 6.45) is 0.573. The number of sulfone groups is 1. The molecule has 3 rings (SSSR count). The van der Waals surface area contributed by atoms with Crippen molar-refractivity contribution in [3.63, 3.8) is 0 Å². The van der Waals surface area contributed by atoms with Crippen LogP contribution in [0.4, 0.5) is 5.00 Å². The quantitative estimate of drug-likeness (QED) is 0.250. The van der Waals surface area contributed by atoms with Crippen LogP contribution in [0.1, 0.15) is 12.0 Å². The minimum atomic E-state index is -3.10. The molecule has 2 aromatic rings. The molecule has 0 bridgehead atoms. The van der Waals surface area contributed by atoms with E-state index in [1.165, 1.54) is 5.00 Å². The highest BCUT2D eigenvalue weighted by atomic mass is 127. The van der Waals surface area contributed by atoms with Crippen molar-refractivity contribution in [1.82, 2.24) is 10.2 Å². The summed E-state index contributed by atoms with van der Waals surface area (Å²) in [5, 5.41) is 6.74. The fourth-order valence-corrected chi connectivity index (χ4v) is 5.53. The smallest absolute Gasteiger partial charge is 0.193 e. The third-order valence-corrected chi connectivity index (χ3v) is 7.37. The van der Waals surface area contributed by atoms with Gasteiger partial charge in [-0.05, 0) is 29.5 Å². The first-order chi connectivity index (χ1) is 13.6. The number of benzene rings is 1. The van der Waals surface area contributed by atoms with Crippen LogP contribution in [-0.2, 0) is 15.6 Å². The van der Waals surface area contributed by atoms with Gasteiger partial charge in [-0.2, -0.15) is 0 Å². The molecule has 1 aromatic heterocycles. The number of nitrogens with zero attached hydrogens (tertiary/aromatic N) is 3. The van der Waals surface area contributed by atoms with Gasteiger partial charge >= 0.3 is 0 Å². The van der Waals surface area contributed by atoms with Gasteiger partial charge in [-0.1, -0.05) is 30.3 Å². The minimum Gasteiger partial charge on any atom is -0.360 e. The van der Waals surface area contributed by atoms with E-state index in [2.05, 4.69) is 37.6 Å². The topological polar surface area (TPSA) is 65.0 Å². The molecule has 1 N–H and O–H groups in total. The van der Waals surface area contributed by atoms with Gasteiger partial charge in [0, 0.05) is 39.8 Å². The maximum absolute atomic E-state index is 12.3. The Balaban J connectivity index is 0.00000300. The molecule has 1 fully saturated rings. The lowest BCUT2D eigenvalue weighted by molar-refractivity contribution is 0.373. The van der Waals surface area contributed by atoms with E-state index in [0.29, 0.717) is 13.0 Å². The van der Waals surface area contributed by atoms with Gasteiger partial charge in [-0.25, -0.2) is 8.42 Å². The monoisotopic (exact) mass is 548 g/mol. The normalized spacial score (nSPS) is 15.1. The molecule has 29 heavy (non-hydrogen) atoms. The van der Waals surface area contributed by atoms with Crippen LogP contribution in [0.25, 0.3) is 0 Å². The van der Waals surface area contributed by atoms with Crippen molar-refractivity contribution in [2.45, 2.75) is 12.2 Å². The van der Waals surface area contributed by atoms with E-state index in [1.807, 2.05) is 30.3 Å². The molecule has 0 spiro atoms. The van der Waals surface area contributed by atoms with Crippen LogP contribution >= 0.6 is 35.3 Å². The molecule has 0 atom stereocenters. The van der Waals surface area contributed by atoms with Crippen molar-refractivity contribution in [1.29, 1.82) is 0 Å². The number of hydrogen-bond donors (Lipinski definition) is 1. The largest absolute Gasteiger partial charge is 0.360 e. The fraction of sp³-hybridized carbons (Fsp3) is 0.450. The lowest BCUT2D eigenvalue weighted by atomic mass is 10.2. The van der Waals surface area contributed by atoms with Crippen LogP contribution in [0.5, 0.6) is 0 Å². The van der Waals surface area contributed by atoms with Gasteiger partial charge in [0.25, 0.3) is 0 Å². The molecule has 9 heteroatoms. The predicted molar refractivity (Wildman–Crippen MR) is 133 cm³/mol. The van der Waals surface area contributed by atoms with E-state index < -0.39 is 9.84 Å². The standard InChI is InChI=1S/C20H28N4O2S2.HI/c1-21-20(24-13-11-23(12-14-24)19-9-5-15-27-19)22-10-6-16-28(25,26)17-18-7-3-2-4-8-18;/h2-5,7-9,15H,6,10-14,16-17H2,1H3,(H,21,22);1H. The molecule has 0 radical (unpaired) electrons. The summed E-state index contributed by atoms with van der Waals surface area (Å²) >= 11 is 1.77. The number of aliphatic imine (C=N–C) groups is 1. The molecule has 6 nitrogen and oxygen atoms in total. The second-order valence-corrected chi connectivity index (χ2v) is 9.94. The van der Waals surface area contributed by atoms with Crippen LogP contribution in [0.2, 0.25) is 0 Å². The first-order valence-electron chi connectivity index (χ1n) is 9.56. The molecule has 160 valence electrons. The lowest BCUT2D eigenvalue weighted by Gasteiger charge is -2.37. The zero-order chi connectivity index (χ0) is 19.8. The van der Waals surface area contributed by atoms with Crippen molar-refractivity contribution < 1.29 is 8.42 Å². The first-order valence-corrected chi connectivity index (χ1v) is 12.3. The van der Waals surface area contributed by atoms with E-state index in [4.69, 9.17) is 0 Å². The Kier molecular flexibility index (Phi) is 9.70. The van der Waals surface area contributed by atoms with Crippen molar-refractivity contribution >= 4 is 56.1 Å². The highest BCUT2D eigenvalue weighted by molar-refractivity contribution is 14.0. The molecule has 1 aliphatic heterocycles. The summed E-state index contributed by atoms with van der Waals surface area (Å²) in [6.45, 7) is 4.35. The van der Waals surface area contributed by atoms with Crippen LogP contribution in [0.3, 0.4) is 0 Å². The van der Waals surface area contributed by atoms with Gasteiger partial charge in [0.2, 0.25) is 0 Å². The average Bonchev–Trinajstić information content (AvgIpc) is 3.23. The number of guanidine groups is 1. The predicted octanol–water partition coefficient (Wildman–Crippen LogP) is 3.07. The maximum Gasteiger partial charge on any atom is 0.193 e. The Bertz CT molecular complexity index is 850. The summed E-state index contributed by atoms with van der Waals surface area (Å²) in [7, 11) is -1.32. The second-order valence-electron chi connectivity index (χ2n) is 6.83. The van der Waals surface area contributed by atoms with Gasteiger partial charge in [0.15, 0.2) is 15.8 Å². The Hall–Kier alpha value is -1.33. The fourth-order valence-electron chi connectivity index (χ4n) is 3.31. The Morgan fingerprint density at radius 1 is 1.10 bits per heavy atom.